The van der Waals surface area contributed by atoms with Crippen LogP contribution in [-0.4, -0.2) is 26.2 Å². The minimum atomic E-state index is -0.506. The Morgan fingerprint density at radius 2 is 1.95 bits per heavy atom. The van der Waals surface area contributed by atoms with Crippen LogP contribution in [0, 0.1) is 6.92 Å². The van der Waals surface area contributed by atoms with Crippen LogP contribution in [0.25, 0.3) is 10.1 Å². The molecule has 0 saturated heterocycles. The van der Waals surface area contributed by atoms with Crippen molar-refractivity contribution in [3.05, 3.63) is 21.5 Å². The lowest BCUT2D eigenvalue weighted by molar-refractivity contribution is -0.132. The fourth-order valence-electron chi connectivity index (χ4n) is 2.07. The van der Waals surface area contributed by atoms with Crippen LogP contribution >= 0.6 is 22.9 Å². The van der Waals surface area contributed by atoms with Crippen LogP contribution in [0.15, 0.2) is 6.07 Å². The predicted molar refractivity (Wildman–Crippen MR) is 80.8 cm³/mol. The van der Waals surface area contributed by atoms with Gasteiger partial charge in [-0.2, -0.15) is 0 Å². The molecule has 0 aliphatic heterocycles. The van der Waals surface area contributed by atoms with E-state index in [1.165, 1.54) is 32.5 Å². The molecule has 5 nitrogen and oxygen atoms in total. The first kappa shape index (κ1) is 15.6. The molecule has 7 heteroatoms. The number of aryl methyl sites for hydroxylation is 1. The van der Waals surface area contributed by atoms with Gasteiger partial charge in [-0.05, 0) is 6.92 Å². The lowest BCUT2D eigenvalue weighted by atomic mass is 10.1. The Bertz CT molecular complexity index is 735. The van der Waals surface area contributed by atoms with Gasteiger partial charge >= 0.3 is 11.9 Å². The quantitative estimate of drug-likeness (QED) is 0.636. The van der Waals surface area contributed by atoms with E-state index >= 15 is 0 Å². The molecule has 0 N–H and O–H groups in total. The first-order valence-corrected chi connectivity index (χ1v) is 7.16. The zero-order chi connectivity index (χ0) is 15.7. The highest BCUT2D eigenvalue weighted by Crippen LogP contribution is 2.45. The van der Waals surface area contributed by atoms with Gasteiger partial charge in [-0.25, -0.2) is 4.79 Å². The Hall–Kier alpha value is -1.79. The molecule has 0 bridgehead atoms. The van der Waals surface area contributed by atoms with Gasteiger partial charge < -0.3 is 14.2 Å². The van der Waals surface area contributed by atoms with Crippen LogP contribution in [0.2, 0.25) is 5.02 Å². The molecule has 0 fully saturated rings. The number of thiophene rings is 1. The third-order valence-corrected chi connectivity index (χ3v) is 4.51. The van der Waals surface area contributed by atoms with Gasteiger partial charge in [0.15, 0.2) is 11.5 Å². The van der Waals surface area contributed by atoms with Gasteiger partial charge in [-0.3, -0.25) is 4.79 Å². The Morgan fingerprint density at radius 1 is 1.29 bits per heavy atom. The summed E-state index contributed by atoms with van der Waals surface area (Å²) >= 11 is 7.45. The lowest BCUT2D eigenvalue weighted by Crippen LogP contribution is -2.03. The van der Waals surface area contributed by atoms with Crippen LogP contribution in [0.1, 0.15) is 22.2 Å². The van der Waals surface area contributed by atoms with Gasteiger partial charge in [0.2, 0.25) is 0 Å². The molecule has 1 heterocycles. The summed E-state index contributed by atoms with van der Waals surface area (Å²) < 4.78 is 15.9. The molecule has 0 unspecified atom stereocenters. The van der Waals surface area contributed by atoms with Crippen molar-refractivity contribution < 1.29 is 23.8 Å². The van der Waals surface area contributed by atoms with Gasteiger partial charge in [-0.15, -0.1) is 11.3 Å². The van der Waals surface area contributed by atoms with Crippen LogP contribution in [-0.2, 0) is 9.53 Å². The second kappa shape index (κ2) is 5.91. The number of carbonyl (C=O) groups is 2. The normalized spacial score (nSPS) is 10.5. The molecule has 1 aromatic carbocycles. The lowest BCUT2D eigenvalue weighted by Gasteiger charge is -2.11. The number of rotatable bonds is 3. The number of benzene rings is 1. The standard InChI is InChI=1S/C14H13ClO5S/c1-6-10-9(21-13(11(10)15)14(17)19-4)5-8(12(6)18-3)20-7(2)16/h5H,1-4H3. The summed E-state index contributed by atoms with van der Waals surface area (Å²) in [7, 11) is 2.77. The van der Waals surface area contributed by atoms with Crippen molar-refractivity contribution in [1.29, 1.82) is 0 Å². The molecule has 0 aliphatic rings. The summed E-state index contributed by atoms with van der Waals surface area (Å²) in [4.78, 5) is 23.2. The summed E-state index contributed by atoms with van der Waals surface area (Å²) in [5, 5.41) is 1.00. The van der Waals surface area contributed by atoms with Crippen LogP contribution in [0.4, 0.5) is 0 Å². The van der Waals surface area contributed by atoms with E-state index in [9.17, 15) is 9.59 Å². The van der Waals surface area contributed by atoms with E-state index in [2.05, 4.69) is 0 Å². The Balaban J connectivity index is 2.76. The average Bonchev–Trinajstić information content (AvgIpc) is 2.75. The Kier molecular flexibility index (Phi) is 4.39. The predicted octanol–water partition coefficient (Wildman–Crippen LogP) is 3.58. The van der Waals surface area contributed by atoms with Crippen LogP contribution < -0.4 is 9.47 Å². The van der Waals surface area contributed by atoms with E-state index in [1.807, 2.05) is 0 Å². The minimum absolute atomic E-state index is 0.296. The first-order valence-electron chi connectivity index (χ1n) is 5.97. The fourth-order valence-corrected chi connectivity index (χ4v) is 3.66. The second-order valence-corrected chi connectivity index (χ2v) is 5.67. The van der Waals surface area contributed by atoms with Gasteiger partial charge in [-0.1, -0.05) is 11.6 Å². The zero-order valence-electron chi connectivity index (χ0n) is 11.9. The summed E-state index contributed by atoms with van der Waals surface area (Å²) in [6.07, 6.45) is 0. The van der Waals surface area contributed by atoms with Crippen molar-refractivity contribution in [3.63, 3.8) is 0 Å². The molecule has 0 radical (unpaired) electrons. The molecular formula is C14H13ClO5S. The van der Waals surface area contributed by atoms with E-state index in [0.717, 1.165) is 4.70 Å². The maximum absolute atomic E-state index is 11.7. The van der Waals surface area contributed by atoms with Crippen molar-refractivity contribution in [2.24, 2.45) is 0 Å². The maximum atomic E-state index is 11.7. The number of carbonyl (C=O) groups excluding carboxylic acids is 2. The number of methoxy groups -OCH3 is 2. The summed E-state index contributed by atoms with van der Waals surface area (Å²) in [6.45, 7) is 3.09. The summed E-state index contributed by atoms with van der Waals surface area (Å²) in [5.74, 6) is -0.255. The van der Waals surface area contributed by atoms with Gasteiger partial charge in [0, 0.05) is 28.6 Å². The van der Waals surface area contributed by atoms with Crippen LogP contribution in [0.5, 0.6) is 11.5 Å². The minimum Gasteiger partial charge on any atom is -0.493 e. The summed E-state index contributed by atoms with van der Waals surface area (Å²) in [5.41, 5.74) is 0.697. The topological polar surface area (TPSA) is 61.8 Å². The van der Waals surface area contributed by atoms with E-state index < -0.39 is 11.9 Å². The van der Waals surface area contributed by atoms with E-state index in [0.29, 0.717) is 32.3 Å². The monoisotopic (exact) mass is 328 g/mol. The average molecular weight is 329 g/mol. The number of fused-ring (bicyclic) bond motifs is 1. The second-order valence-electron chi connectivity index (χ2n) is 4.24. The van der Waals surface area contributed by atoms with Crippen LogP contribution in [0.3, 0.4) is 0 Å². The molecule has 2 rings (SSSR count). The largest absolute Gasteiger partial charge is 0.493 e. The van der Waals surface area contributed by atoms with Crippen molar-refractivity contribution >= 4 is 45.0 Å². The highest BCUT2D eigenvalue weighted by molar-refractivity contribution is 7.21. The Labute approximate surface area is 130 Å². The van der Waals surface area contributed by atoms with Gasteiger partial charge in [0.25, 0.3) is 0 Å². The third-order valence-electron chi connectivity index (χ3n) is 2.91. The highest BCUT2D eigenvalue weighted by Gasteiger charge is 2.23. The fraction of sp³-hybridized carbons (Fsp3) is 0.286. The van der Waals surface area contributed by atoms with Crippen molar-refractivity contribution in [3.8, 4) is 11.5 Å². The van der Waals surface area contributed by atoms with E-state index in [1.54, 1.807) is 13.0 Å². The number of hydrogen-bond donors (Lipinski definition) is 0. The molecule has 0 aliphatic carbocycles. The van der Waals surface area contributed by atoms with Crippen molar-refractivity contribution in [2.75, 3.05) is 14.2 Å². The first-order chi connectivity index (χ1) is 9.90. The molecule has 0 spiro atoms. The Morgan fingerprint density at radius 3 is 2.48 bits per heavy atom. The maximum Gasteiger partial charge on any atom is 0.349 e. The molecule has 21 heavy (non-hydrogen) atoms. The number of hydrogen-bond acceptors (Lipinski definition) is 6. The number of ether oxygens (including phenoxy) is 3. The molecular weight excluding hydrogens is 316 g/mol. The molecule has 0 saturated carbocycles. The summed E-state index contributed by atoms with van der Waals surface area (Å²) in [6, 6.07) is 1.63. The van der Waals surface area contributed by atoms with Gasteiger partial charge in [0.1, 0.15) is 4.88 Å². The molecule has 0 atom stereocenters. The molecule has 1 aromatic heterocycles. The zero-order valence-corrected chi connectivity index (χ0v) is 13.5. The van der Waals surface area contributed by atoms with E-state index in [4.69, 9.17) is 25.8 Å². The smallest absolute Gasteiger partial charge is 0.349 e. The molecule has 0 amide bonds. The highest BCUT2D eigenvalue weighted by atomic mass is 35.5. The molecule has 112 valence electrons. The number of esters is 2. The van der Waals surface area contributed by atoms with E-state index in [-0.39, 0.29) is 0 Å². The van der Waals surface area contributed by atoms with Gasteiger partial charge in [0.05, 0.1) is 19.2 Å². The van der Waals surface area contributed by atoms with Crippen molar-refractivity contribution in [1.82, 2.24) is 0 Å². The molecule has 2 aromatic rings. The van der Waals surface area contributed by atoms with Crippen molar-refractivity contribution in [2.45, 2.75) is 13.8 Å². The number of halogens is 1. The third kappa shape index (κ3) is 2.69. The SMILES string of the molecule is COC(=O)c1sc2cc(OC(C)=O)c(OC)c(C)c2c1Cl.